The highest BCUT2D eigenvalue weighted by atomic mass is 35.5. The number of ether oxygens (including phenoxy) is 2. The van der Waals surface area contributed by atoms with Crippen molar-refractivity contribution < 1.29 is 14.6 Å². The number of aliphatic hydroxyl groups is 1. The number of benzene rings is 1. The number of likely N-dealkylation sites (tertiary alicyclic amines) is 1. The monoisotopic (exact) mass is 486 g/mol. The Balaban J connectivity index is 1.36. The number of aliphatic hydroxyl groups excluding tert-OH is 1. The number of nitrogens with zero attached hydrogens (tertiary/aromatic N) is 4. The van der Waals surface area contributed by atoms with Crippen molar-refractivity contribution in [3.63, 3.8) is 0 Å². The molecule has 1 unspecified atom stereocenters. The maximum Gasteiger partial charge on any atom is 0.320 e. The van der Waals surface area contributed by atoms with E-state index in [9.17, 15) is 5.11 Å². The molecule has 0 saturated carbocycles. The molecule has 3 saturated heterocycles. The molecule has 0 aliphatic carbocycles. The first-order valence-electron chi connectivity index (χ1n) is 11.8. The zero-order valence-electron chi connectivity index (χ0n) is 19.3. The zero-order valence-corrected chi connectivity index (χ0v) is 20.1. The van der Waals surface area contributed by atoms with Gasteiger partial charge >= 0.3 is 6.01 Å². The number of halogens is 1. The SMILES string of the molecule is COc1nc(Nc2cc(C3CCN(C4CCOC4)CC3)c(Cl)cc2C=N)cc(N2CC(O)C2)n1. The van der Waals surface area contributed by atoms with Gasteiger partial charge in [0.25, 0.3) is 0 Å². The second kappa shape index (κ2) is 10.0. The van der Waals surface area contributed by atoms with E-state index in [2.05, 4.69) is 26.3 Å². The Bertz CT molecular complexity index is 1030. The van der Waals surface area contributed by atoms with E-state index < -0.39 is 0 Å². The lowest BCUT2D eigenvalue weighted by molar-refractivity contribution is 0.122. The molecular formula is C24H31ClN6O3. The van der Waals surface area contributed by atoms with Crippen molar-refractivity contribution in [1.29, 1.82) is 5.41 Å². The third-order valence-corrected chi connectivity index (χ3v) is 7.37. The summed E-state index contributed by atoms with van der Waals surface area (Å²) in [5, 5.41) is 21.6. The lowest BCUT2D eigenvalue weighted by Gasteiger charge is -2.37. The van der Waals surface area contributed by atoms with Gasteiger partial charge in [0.05, 0.1) is 19.8 Å². The van der Waals surface area contributed by atoms with Crippen molar-refractivity contribution in [3.8, 4) is 6.01 Å². The molecule has 0 amide bonds. The Labute approximate surface area is 204 Å². The van der Waals surface area contributed by atoms with Gasteiger partial charge in [0.2, 0.25) is 0 Å². The Kier molecular flexibility index (Phi) is 6.87. The maximum atomic E-state index is 9.66. The van der Waals surface area contributed by atoms with Gasteiger partial charge in [-0.3, -0.25) is 4.90 Å². The molecule has 1 atom stereocenters. The Hall–Kier alpha value is -2.46. The number of rotatable bonds is 7. The van der Waals surface area contributed by atoms with E-state index in [1.807, 2.05) is 17.0 Å². The lowest BCUT2D eigenvalue weighted by atomic mass is 9.87. The van der Waals surface area contributed by atoms with Crippen LogP contribution in [-0.4, -0.2) is 84.8 Å². The fourth-order valence-electron chi connectivity index (χ4n) is 5.04. The largest absolute Gasteiger partial charge is 0.467 e. The minimum atomic E-state index is -0.340. The Morgan fingerprint density at radius 2 is 2.00 bits per heavy atom. The summed E-state index contributed by atoms with van der Waals surface area (Å²) in [6, 6.07) is 6.54. The van der Waals surface area contributed by atoms with E-state index in [-0.39, 0.29) is 12.1 Å². The van der Waals surface area contributed by atoms with Gasteiger partial charge in [-0.2, -0.15) is 9.97 Å². The number of piperidine rings is 1. The molecular weight excluding hydrogens is 456 g/mol. The van der Waals surface area contributed by atoms with Crippen molar-refractivity contribution in [1.82, 2.24) is 14.9 Å². The van der Waals surface area contributed by atoms with Crippen LogP contribution in [0.3, 0.4) is 0 Å². The van der Waals surface area contributed by atoms with Crippen molar-refractivity contribution in [2.45, 2.75) is 37.3 Å². The van der Waals surface area contributed by atoms with E-state index in [1.54, 1.807) is 0 Å². The molecule has 1 aromatic carbocycles. The van der Waals surface area contributed by atoms with Crippen LogP contribution in [0.25, 0.3) is 0 Å². The van der Waals surface area contributed by atoms with Crippen LogP contribution in [0.2, 0.25) is 5.02 Å². The molecule has 0 spiro atoms. The van der Waals surface area contributed by atoms with Crippen LogP contribution in [0, 0.1) is 5.41 Å². The summed E-state index contributed by atoms with van der Waals surface area (Å²) >= 11 is 6.69. The third-order valence-electron chi connectivity index (χ3n) is 7.04. The summed E-state index contributed by atoms with van der Waals surface area (Å²) in [6.45, 7) is 4.85. The van der Waals surface area contributed by atoms with Gasteiger partial charge in [0, 0.05) is 54.3 Å². The second-order valence-corrected chi connectivity index (χ2v) is 9.62. The molecule has 34 heavy (non-hydrogen) atoms. The predicted octanol–water partition coefficient (Wildman–Crippen LogP) is 3.03. The third kappa shape index (κ3) is 4.84. The topological polar surface area (TPSA) is 107 Å². The molecule has 0 bridgehead atoms. The molecule has 5 rings (SSSR count). The quantitative estimate of drug-likeness (QED) is 0.513. The van der Waals surface area contributed by atoms with E-state index in [0.717, 1.165) is 56.8 Å². The highest BCUT2D eigenvalue weighted by molar-refractivity contribution is 6.32. The van der Waals surface area contributed by atoms with Crippen LogP contribution in [0.4, 0.5) is 17.3 Å². The molecule has 182 valence electrons. The minimum absolute atomic E-state index is 0.246. The highest BCUT2D eigenvalue weighted by Crippen LogP contribution is 2.37. The summed E-state index contributed by atoms with van der Waals surface area (Å²) in [5.74, 6) is 1.62. The first-order chi connectivity index (χ1) is 16.5. The summed E-state index contributed by atoms with van der Waals surface area (Å²) < 4.78 is 10.9. The van der Waals surface area contributed by atoms with Gasteiger partial charge in [-0.1, -0.05) is 11.6 Å². The van der Waals surface area contributed by atoms with Gasteiger partial charge in [0.1, 0.15) is 11.6 Å². The van der Waals surface area contributed by atoms with Crippen molar-refractivity contribution in [3.05, 3.63) is 34.3 Å². The fraction of sp³-hybridized carbons (Fsp3) is 0.542. The summed E-state index contributed by atoms with van der Waals surface area (Å²) in [7, 11) is 1.53. The average Bonchev–Trinajstić information content (AvgIpc) is 3.38. The smallest absolute Gasteiger partial charge is 0.320 e. The van der Waals surface area contributed by atoms with Crippen LogP contribution in [0.1, 0.15) is 36.3 Å². The zero-order chi connectivity index (χ0) is 23.7. The summed E-state index contributed by atoms with van der Waals surface area (Å²) in [4.78, 5) is 13.4. The lowest BCUT2D eigenvalue weighted by Crippen LogP contribution is -2.51. The van der Waals surface area contributed by atoms with Crippen LogP contribution >= 0.6 is 11.6 Å². The van der Waals surface area contributed by atoms with Gasteiger partial charge in [-0.05, 0) is 56.0 Å². The van der Waals surface area contributed by atoms with Crippen LogP contribution in [0.5, 0.6) is 6.01 Å². The molecule has 10 heteroatoms. The molecule has 3 aliphatic rings. The standard InChI is InChI=1S/C24H31ClN6O3/c1-33-24-28-22(10-23(29-24)31-12-18(32)13-31)27-21-9-19(20(25)8-16(21)11-26)15-2-5-30(6-3-15)17-4-7-34-14-17/h8-11,15,17-18,26,32H,2-7,12-14H2,1H3,(H,27,28,29). The number of hydrogen-bond donors (Lipinski definition) is 3. The molecule has 3 N–H and O–H groups in total. The maximum absolute atomic E-state index is 9.66. The van der Waals surface area contributed by atoms with Gasteiger partial charge in [-0.15, -0.1) is 0 Å². The summed E-state index contributed by atoms with van der Waals surface area (Å²) in [6.07, 6.45) is 4.17. The fourth-order valence-corrected chi connectivity index (χ4v) is 5.37. The van der Waals surface area contributed by atoms with Crippen LogP contribution in [0.15, 0.2) is 18.2 Å². The van der Waals surface area contributed by atoms with Crippen molar-refractivity contribution in [2.24, 2.45) is 0 Å². The average molecular weight is 487 g/mol. The molecule has 2 aromatic rings. The second-order valence-electron chi connectivity index (χ2n) is 9.21. The number of hydrogen-bond acceptors (Lipinski definition) is 9. The normalized spacial score (nSPS) is 22.0. The van der Waals surface area contributed by atoms with Crippen LogP contribution < -0.4 is 15.0 Å². The molecule has 0 radical (unpaired) electrons. The minimum Gasteiger partial charge on any atom is -0.467 e. The highest BCUT2D eigenvalue weighted by Gasteiger charge is 2.30. The predicted molar refractivity (Wildman–Crippen MR) is 132 cm³/mol. The van der Waals surface area contributed by atoms with Gasteiger partial charge in [-0.25, -0.2) is 0 Å². The van der Waals surface area contributed by atoms with Crippen molar-refractivity contribution in [2.75, 3.05) is 56.7 Å². The Morgan fingerprint density at radius 3 is 2.65 bits per heavy atom. The van der Waals surface area contributed by atoms with Crippen molar-refractivity contribution >= 4 is 35.1 Å². The summed E-state index contributed by atoms with van der Waals surface area (Å²) in [5.41, 5.74) is 2.56. The van der Waals surface area contributed by atoms with E-state index in [4.69, 9.17) is 26.5 Å². The van der Waals surface area contributed by atoms with Crippen LogP contribution in [-0.2, 0) is 4.74 Å². The number of anilines is 3. The number of methoxy groups -OCH3 is 1. The Morgan fingerprint density at radius 1 is 1.21 bits per heavy atom. The molecule has 3 aliphatic heterocycles. The molecule has 3 fully saturated rings. The first kappa shape index (κ1) is 23.3. The number of aromatic nitrogens is 2. The number of β-amino-alcohol motifs (C(OH)–C–C–N with tert-alkyl or cyclic N) is 1. The molecule has 1 aromatic heterocycles. The molecule has 9 nitrogen and oxygen atoms in total. The van der Waals surface area contributed by atoms with Gasteiger partial charge < -0.3 is 30.2 Å². The molecule has 4 heterocycles. The number of nitrogens with one attached hydrogen (secondary N) is 2. The van der Waals surface area contributed by atoms with E-state index >= 15 is 0 Å². The van der Waals surface area contributed by atoms with E-state index in [0.29, 0.717) is 47.3 Å². The van der Waals surface area contributed by atoms with Gasteiger partial charge in [0.15, 0.2) is 0 Å². The first-order valence-corrected chi connectivity index (χ1v) is 12.2. The van der Waals surface area contributed by atoms with E-state index in [1.165, 1.54) is 13.3 Å².